The van der Waals surface area contributed by atoms with Crippen molar-refractivity contribution in [1.82, 2.24) is 0 Å². The highest BCUT2D eigenvalue weighted by molar-refractivity contribution is 5.93. The summed E-state index contributed by atoms with van der Waals surface area (Å²) < 4.78 is 11.8. The lowest BCUT2D eigenvalue weighted by Crippen LogP contribution is -2.46. The third-order valence-corrected chi connectivity index (χ3v) is 5.38. The van der Waals surface area contributed by atoms with Crippen molar-refractivity contribution in [2.45, 2.75) is 64.1 Å². The highest BCUT2D eigenvalue weighted by Crippen LogP contribution is 2.41. The number of carbonyl (C=O) groups excluding carboxylic acids is 1. The van der Waals surface area contributed by atoms with Crippen LogP contribution < -0.4 is 0 Å². The van der Waals surface area contributed by atoms with Gasteiger partial charge in [-0.15, -0.1) is 0 Å². The molecule has 1 aliphatic heterocycles. The van der Waals surface area contributed by atoms with Crippen LogP contribution in [0.3, 0.4) is 0 Å². The minimum atomic E-state index is 0.0399. The molecule has 0 radical (unpaired) electrons. The molecule has 3 aliphatic rings. The van der Waals surface area contributed by atoms with Gasteiger partial charge in [0.1, 0.15) is 11.9 Å². The summed E-state index contributed by atoms with van der Waals surface area (Å²) in [6, 6.07) is 0. The topological polar surface area (TPSA) is 35.5 Å². The van der Waals surface area contributed by atoms with Crippen LogP contribution in [-0.4, -0.2) is 25.1 Å². The first-order valence-electron chi connectivity index (χ1n) is 8.14. The van der Waals surface area contributed by atoms with E-state index in [0.29, 0.717) is 17.6 Å². The number of hydrogen-bond donors (Lipinski definition) is 0. The van der Waals surface area contributed by atoms with E-state index >= 15 is 0 Å². The second kappa shape index (κ2) is 5.88. The summed E-state index contributed by atoms with van der Waals surface area (Å²) in [6.07, 6.45) is 10.2. The Morgan fingerprint density at radius 3 is 2.65 bits per heavy atom. The number of carbonyl (C=O) groups is 1. The van der Waals surface area contributed by atoms with Crippen LogP contribution in [0.25, 0.3) is 0 Å². The van der Waals surface area contributed by atoms with Crippen LogP contribution in [-0.2, 0) is 14.3 Å². The summed E-state index contributed by atoms with van der Waals surface area (Å²) in [5, 5.41) is 0. The fraction of sp³-hybridized carbons (Fsp3) is 0.824. The van der Waals surface area contributed by atoms with E-state index in [1.54, 1.807) is 7.11 Å². The molecule has 0 aromatic rings. The van der Waals surface area contributed by atoms with E-state index in [-0.39, 0.29) is 18.1 Å². The van der Waals surface area contributed by atoms with Gasteiger partial charge in [-0.1, -0.05) is 26.2 Å². The van der Waals surface area contributed by atoms with E-state index in [1.807, 2.05) is 6.08 Å². The Kier molecular flexibility index (Phi) is 4.16. The van der Waals surface area contributed by atoms with Crippen LogP contribution >= 0.6 is 0 Å². The van der Waals surface area contributed by atoms with Gasteiger partial charge in [0.05, 0.1) is 12.0 Å². The quantitative estimate of drug-likeness (QED) is 0.775. The van der Waals surface area contributed by atoms with Gasteiger partial charge < -0.3 is 9.47 Å². The third-order valence-electron chi connectivity index (χ3n) is 5.38. The van der Waals surface area contributed by atoms with E-state index in [4.69, 9.17) is 9.47 Å². The van der Waals surface area contributed by atoms with Gasteiger partial charge in [0.25, 0.3) is 0 Å². The van der Waals surface area contributed by atoms with Gasteiger partial charge >= 0.3 is 0 Å². The van der Waals surface area contributed by atoms with Crippen LogP contribution in [0.2, 0.25) is 0 Å². The minimum Gasteiger partial charge on any atom is -0.493 e. The summed E-state index contributed by atoms with van der Waals surface area (Å²) in [4.78, 5) is 12.5. The van der Waals surface area contributed by atoms with Gasteiger partial charge in [0.15, 0.2) is 5.78 Å². The molecule has 2 aliphatic carbocycles. The lowest BCUT2D eigenvalue weighted by molar-refractivity contribution is -0.136. The molecule has 3 rings (SSSR count). The largest absolute Gasteiger partial charge is 0.493 e. The molecule has 4 unspecified atom stereocenters. The maximum atomic E-state index is 12.5. The van der Waals surface area contributed by atoms with E-state index in [1.165, 1.54) is 32.1 Å². The molecule has 0 aromatic heterocycles. The van der Waals surface area contributed by atoms with Crippen LogP contribution in [0.5, 0.6) is 0 Å². The summed E-state index contributed by atoms with van der Waals surface area (Å²) in [5.41, 5.74) is 0. The van der Waals surface area contributed by atoms with Crippen molar-refractivity contribution in [2.24, 2.45) is 17.8 Å². The number of rotatable bonds is 2. The number of ether oxygens (including phenoxy) is 2. The predicted molar refractivity (Wildman–Crippen MR) is 77.2 cm³/mol. The Balaban J connectivity index is 1.76. The molecule has 0 spiro atoms. The summed E-state index contributed by atoms with van der Waals surface area (Å²) >= 11 is 0. The maximum Gasteiger partial charge on any atom is 0.166 e. The third kappa shape index (κ3) is 2.65. The smallest absolute Gasteiger partial charge is 0.166 e. The Labute approximate surface area is 121 Å². The molecular weight excluding hydrogens is 252 g/mol. The zero-order chi connectivity index (χ0) is 14.1. The lowest BCUT2D eigenvalue weighted by atomic mass is 9.72. The van der Waals surface area contributed by atoms with Crippen molar-refractivity contribution >= 4 is 5.78 Å². The van der Waals surface area contributed by atoms with Crippen molar-refractivity contribution in [1.29, 1.82) is 0 Å². The molecule has 1 heterocycles. The van der Waals surface area contributed by atoms with Crippen molar-refractivity contribution in [3.05, 3.63) is 11.8 Å². The van der Waals surface area contributed by atoms with Crippen molar-refractivity contribution < 1.29 is 14.3 Å². The standard InChI is InChI=1S/C17H26O3/c1-11-8-13(19-2)9-16-17(11)14(18)10-15(20-16)12-6-4-3-5-7-12/h10-13,16-17H,3-9H2,1-2H3. The molecule has 0 amide bonds. The molecular formula is C17H26O3. The molecule has 4 atom stereocenters. The SMILES string of the molecule is COC1CC(C)C2C(=O)C=C(C3CCCCC3)OC2C1. The molecule has 20 heavy (non-hydrogen) atoms. The van der Waals surface area contributed by atoms with Crippen molar-refractivity contribution in [3.8, 4) is 0 Å². The zero-order valence-corrected chi connectivity index (χ0v) is 12.6. The van der Waals surface area contributed by atoms with E-state index < -0.39 is 0 Å². The lowest BCUT2D eigenvalue weighted by Gasteiger charge is -2.42. The normalized spacial score (nSPS) is 38.9. The highest BCUT2D eigenvalue weighted by Gasteiger charge is 2.44. The number of fused-ring (bicyclic) bond motifs is 1. The second-order valence-electron chi connectivity index (χ2n) is 6.77. The Hall–Kier alpha value is -0.830. The predicted octanol–water partition coefficient (Wildman–Crippen LogP) is 3.48. The Bertz CT molecular complexity index is 395. The summed E-state index contributed by atoms with van der Waals surface area (Å²) in [6.45, 7) is 2.16. The number of ketones is 1. The number of methoxy groups -OCH3 is 1. The minimum absolute atomic E-state index is 0.0399. The molecule has 2 fully saturated rings. The fourth-order valence-electron chi connectivity index (χ4n) is 4.25. The summed E-state index contributed by atoms with van der Waals surface area (Å²) in [7, 11) is 1.76. The number of allylic oxidation sites excluding steroid dienone is 2. The molecule has 3 heteroatoms. The van der Waals surface area contributed by atoms with Crippen LogP contribution in [0.4, 0.5) is 0 Å². The van der Waals surface area contributed by atoms with Crippen LogP contribution in [0.1, 0.15) is 51.9 Å². The first-order chi connectivity index (χ1) is 9.69. The second-order valence-corrected chi connectivity index (χ2v) is 6.77. The van der Waals surface area contributed by atoms with Crippen molar-refractivity contribution in [2.75, 3.05) is 7.11 Å². The molecule has 0 bridgehead atoms. The molecule has 0 N–H and O–H groups in total. The van der Waals surface area contributed by atoms with Gasteiger partial charge in [-0.3, -0.25) is 4.79 Å². The average molecular weight is 278 g/mol. The van der Waals surface area contributed by atoms with E-state index in [2.05, 4.69) is 6.92 Å². The van der Waals surface area contributed by atoms with Gasteiger partial charge in [-0.05, 0) is 25.2 Å². The van der Waals surface area contributed by atoms with Crippen LogP contribution in [0.15, 0.2) is 11.8 Å². The summed E-state index contributed by atoms with van der Waals surface area (Å²) in [5.74, 6) is 2.15. The first kappa shape index (κ1) is 14.1. The van der Waals surface area contributed by atoms with Gasteiger partial charge in [0.2, 0.25) is 0 Å². The molecule has 2 saturated carbocycles. The molecule has 112 valence electrons. The maximum absolute atomic E-state index is 12.5. The van der Waals surface area contributed by atoms with Gasteiger partial charge in [-0.2, -0.15) is 0 Å². The highest BCUT2D eigenvalue weighted by atomic mass is 16.5. The average Bonchev–Trinajstić information content (AvgIpc) is 2.47. The Morgan fingerprint density at radius 1 is 1.20 bits per heavy atom. The van der Waals surface area contributed by atoms with Gasteiger partial charge in [0, 0.05) is 25.5 Å². The zero-order valence-electron chi connectivity index (χ0n) is 12.6. The van der Waals surface area contributed by atoms with E-state index in [9.17, 15) is 4.79 Å². The molecule has 0 saturated heterocycles. The fourth-order valence-corrected chi connectivity index (χ4v) is 4.25. The first-order valence-corrected chi connectivity index (χ1v) is 8.14. The number of hydrogen-bond acceptors (Lipinski definition) is 3. The van der Waals surface area contributed by atoms with Gasteiger partial charge in [-0.25, -0.2) is 0 Å². The van der Waals surface area contributed by atoms with Crippen molar-refractivity contribution in [3.63, 3.8) is 0 Å². The molecule has 3 nitrogen and oxygen atoms in total. The molecule has 0 aromatic carbocycles. The monoisotopic (exact) mass is 278 g/mol. The van der Waals surface area contributed by atoms with E-state index in [0.717, 1.165) is 18.6 Å². The Morgan fingerprint density at radius 2 is 1.95 bits per heavy atom. The van der Waals surface area contributed by atoms with Crippen LogP contribution in [0, 0.1) is 17.8 Å².